The monoisotopic (exact) mass is 236 g/mol. The zero-order chi connectivity index (χ0) is 11.7. The van der Waals surface area contributed by atoms with Crippen molar-refractivity contribution < 1.29 is 4.79 Å². The smallest absolute Gasteiger partial charge is 0.174 e. The number of hydrogen-bond donors (Lipinski definition) is 1. The molecule has 2 rings (SSSR count). The number of nitrogen functional groups attached to an aromatic ring is 1. The van der Waals surface area contributed by atoms with Crippen molar-refractivity contribution in [2.45, 2.75) is 13.3 Å². The van der Waals surface area contributed by atoms with Crippen molar-refractivity contribution in [2.75, 3.05) is 5.73 Å². The predicted octanol–water partition coefficient (Wildman–Crippen LogP) is 1.19. The van der Waals surface area contributed by atoms with E-state index in [0.717, 1.165) is 10.7 Å². The highest BCUT2D eigenvalue weighted by atomic mass is 32.1. The average Bonchev–Trinajstić information content (AvgIpc) is 2.76. The molecule has 0 aliphatic heterocycles. The Morgan fingerprint density at radius 3 is 2.88 bits per heavy atom. The normalized spacial score (nSPS) is 10.6. The molecule has 84 valence electrons. The van der Waals surface area contributed by atoms with Crippen molar-refractivity contribution in [3.05, 3.63) is 27.8 Å². The molecule has 0 aromatic carbocycles. The fraction of sp³-hybridized carbons (Fsp3) is 0.300. The standard InChI is InChI=1S/C10H12N4OS/c1-6-5-16-9(13-6)3-8(15)7-4-12-14(2)10(7)11/h4-5H,3,11H2,1-2H3. The molecule has 0 aliphatic carbocycles. The van der Waals surface area contributed by atoms with Gasteiger partial charge in [0.05, 0.1) is 18.2 Å². The number of Topliss-reactive ketones (excluding diaryl/α,β-unsaturated/α-hetero) is 1. The van der Waals surface area contributed by atoms with E-state index in [1.165, 1.54) is 22.2 Å². The summed E-state index contributed by atoms with van der Waals surface area (Å²) < 4.78 is 1.49. The topological polar surface area (TPSA) is 73.8 Å². The summed E-state index contributed by atoms with van der Waals surface area (Å²) in [5.74, 6) is 0.359. The molecule has 0 saturated heterocycles. The average molecular weight is 236 g/mol. The number of ketones is 1. The quantitative estimate of drug-likeness (QED) is 0.812. The molecule has 2 aromatic heterocycles. The summed E-state index contributed by atoms with van der Waals surface area (Å²) in [4.78, 5) is 16.1. The summed E-state index contributed by atoms with van der Waals surface area (Å²) in [5.41, 5.74) is 7.13. The van der Waals surface area contributed by atoms with Crippen molar-refractivity contribution in [3.8, 4) is 0 Å². The van der Waals surface area contributed by atoms with Gasteiger partial charge >= 0.3 is 0 Å². The molecule has 5 nitrogen and oxygen atoms in total. The Kier molecular flexibility index (Phi) is 2.74. The van der Waals surface area contributed by atoms with E-state index in [0.29, 0.717) is 11.4 Å². The van der Waals surface area contributed by atoms with Crippen LogP contribution in [0.1, 0.15) is 21.1 Å². The highest BCUT2D eigenvalue weighted by molar-refractivity contribution is 7.09. The summed E-state index contributed by atoms with van der Waals surface area (Å²) in [6.07, 6.45) is 1.78. The van der Waals surface area contributed by atoms with E-state index in [1.54, 1.807) is 7.05 Å². The number of aryl methyl sites for hydroxylation is 2. The van der Waals surface area contributed by atoms with Crippen molar-refractivity contribution >= 4 is 22.9 Å². The fourth-order valence-corrected chi connectivity index (χ4v) is 2.15. The van der Waals surface area contributed by atoms with Gasteiger partial charge < -0.3 is 5.73 Å². The number of aromatic nitrogens is 3. The van der Waals surface area contributed by atoms with Gasteiger partial charge in [-0.15, -0.1) is 11.3 Å². The molecule has 2 heterocycles. The van der Waals surface area contributed by atoms with E-state index in [9.17, 15) is 4.79 Å². The number of carbonyl (C=O) groups is 1. The summed E-state index contributed by atoms with van der Waals surface area (Å²) >= 11 is 1.49. The zero-order valence-corrected chi connectivity index (χ0v) is 9.91. The molecule has 0 spiro atoms. The van der Waals surface area contributed by atoms with Crippen LogP contribution in [-0.2, 0) is 13.5 Å². The number of hydrogen-bond acceptors (Lipinski definition) is 5. The van der Waals surface area contributed by atoms with Crippen molar-refractivity contribution in [1.29, 1.82) is 0 Å². The number of rotatable bonds is 3. The Morgan fingerprint density at radius 2 is 2.38 bits per heavy atom. The molecule has 16 heavy (non-hydrogen) atoms. The number of thiazole rings is 1. The molecular formula is C10H12N4OS. The lowest BCUT2D eigenvalue weighted by molar-refractivity contribution is 0.0993. The van der Waals surface area contributed by atoms with Crippen LogP contribution in [0.15, 0.2) is 11.6 Å². The maximum absolute atomic E-state index is 11.9. The maximum Gasteiger partial charge on any atom is 0.174 e. The van der Waals surface area contributed by atoms with Crippen LogP contribution in [-0.4, -0.2) is 20.5 Å². The molecule has 0 bridgehead atoms. The van der Waals surface area contributed by atoms with E-state index < -0.39 is 0 Å². The third-order valence-corrected chi connectivity index (χ3v) is 3.23. The molecule has 6 heteroatoms. The van der Waals surface area contributed by atoms with Crippen LogP contribution in [0.4, 0.5) is 5.82 Å². The second kappa shape index (κ2) is 4.05. The van der Waals surface area contributed by atoms with Gasteiger partial charge in [0.2, 0.25) is 0 Å². The van der Waals surface area contributed by atoms with Crippen molar-refractivity contribution in [3.63, 3.8) is 0 Å². The molecule has 0 saturated carbocycles. The lowest BCUT2D eigenvalue weighted by Crippen LogP contribution is -2.07. The van der Waals surface area contributed by atoms with Gasteiger partial charge in [-0.25, -0.2) is 4.98 Å². The third-order valence-electron chi connectivity index (χ3n) is 2.26. The molecule has 0 atom stereocenters. The summed E-state index contributed by atoms with van der Waals surface area (Å²) in [5, 5.41) is 6.67. The van der Waals surface area contributed by atoms with Crippen LogP contribution in [0.25, 0.3) is 0 Å². The minimum absolute atomic E-state index is 0.0417. The first-order valence-corrected chi connectivity index (χ1v) is 5.67. The molecule has 0 fully saturated rings. The minimum atomic E-state index is -0.0417. The largest absolute Gasteiger partial charge is 0.383 e. The van der Waals surface area contributed by atoms with Gasteiger partial charge in [-0.2, -0.15) is 5.10 Å². The molecule has 0 amide bonds. The Balaban J connectivity index is 2.18. The van der Waals surface area contributed by atoms with Gasteiger partial charge in [0.25, 0.3) is 0 Å². The Morgan fingerprint density at radius 1 is 1.62 bits per heavy atom. The SMILES string of the molecule is Cc1csc(CC(=O)c2cnn(C)c2N)n1. The summed E-state index contributed by atoms with van der Waals surface area (Å²) in [7, 11) is 1.71. The van der Waals surface area contributed by atoms with Crippen LogP contribution in [0.5, 0.6) is 0 Å². The van der Waals surface area contributed by atoms with E-state index in [1.807, 2.05) is 12.3 Å². The van der Waals surface area contributed by atoms with E-state index >= 15 is 0 Å². The highest BCUT2D eigenvalue weighted by Gasteiger charge is 2.15. The van der Waals surface area contributed by atoms with E-state index in [2.05, 4.69) is 10.1 Å². The summed E-state index contributed by atoms with van der Waals surface area (Å²) in [6, 6.07) is 0. The van der Waals surface area contributed by atoms with Gasteiger partial charge in [0.1, 0.15) is 10.8 Å². The number of nitrogens with zero attached hydrogens (tertiary/aromatic N) is 3. The van der Waals surface area contributed by atoms with Crippen molar-refractivity contribution in [2.24, 2.45) is 7.05 Å². The number of nitrogens with two attached hydrogens (primary N) is 1. The molecule has 0 unspecified atom stereocenters. The van der Waals surface area contributed by atoms with Crippen LogP contribution in [0.2, 0.25) is 0 Å². The Hall–Kier alpha value is -1.69. The second-order valence-electron chi connectivity index (χ2n) is 3.55. The fourth-order valence-electron chi connectivity index (χ4n) is 1.38. The van der Waals surface area contributed by atoms with E-state index in [-0.39, 0.29) is 12.2 Å². The lowest BCUT2D eigenvalue weighted by atomic mass is 10.1. The van der Waals surface area contributed by atoms with Crippen molar-refractivity contribution in [1.82, 2.24) is 14.8 Å². The third kappa shape index (κ3) is 1.96. The van der Waals surface area contributed by atoms with Gasteiger partial charge in [-0.1, -0.05) is 0 Å². The number of carbonyl (C=O) groups excluding carboxylic acids is 1. The van der Waals surface area contributed by atoms with Crippen LogP contribution in [0.3, 0.4) is 0 Å². The van der Waals surface area contributed by atoms with Crippen LogP contribution in [0, 0.1) is 6.92 Å². The Labute approximate surface area is 96.9 Å². The first-order chi connectivity index (χ1) is 7.58. The zero-order valence-electron chi connectivity index (χ0n) is 9.10. The Bertz CT molecular complexity index is 529. The lowest BCUT2D eigenvalue weighted by Gasteiger charge is -1.97. The molecule has 2 aromatic rings. The minimum Gasteiger partial charge on any atom is -0.383 e. The number of anilines is 1. The predicted molar refractivity (Wildman–Crippen MR) is 62.5 cm³/mol. The first-order valence-electron chi connectivity index (χ1n) is 4.79. The highest BCUT2D eigenvalue weighted by Crippen LogP contribution is 2.15. The molecule has 0 aliphatic rings. The van der Waals surface area contributed by atoms with E-state index in [4.69, 9.17) is 5.73 Å². The maximum atomic E-state index is 11.9. The van der Waals surface area contributed by atoms with Crippen LogP contribution < -0.4 is 5.73 Å². The molecule has 0 radical (unpaired) electrons. The molecular weight excluding hydrogens is 224 g/mol. The van der Waals surface area contributed by atoms with Crippen LogP contribution >= 0.6 is 11.3 Å². The van der Waals surface area contributed by atoms with Gasteiger partial charge in [0.15, 0.2) is 5.78 Å². The van der Waals surface area contributed by atoms with Gasteiger partial charge in [-0.05, 0) is 6.92 Å². The van der Waals surface area contributed by atoms with Gasteiger partial charge in [-0.3, -0.25) is 9.48 Å². The van der Waals surface area contributed by atoms with Gasteiger partial charge in [0, 0.05) is 18.1 Å². The summed E-state index contributed by atoms with van der Waals surface area (Å²) in [6.45, 7) is 1.91. The molecule has 2 N–H and O–H groups in total. The first kappa shape index (κ1) is 10.8. The second-order valence-corrected chi connectivity index (χ2v) is 4.49.